The summed E-state index contributed by atoms with van der Waals surface area (Å²) in [5.41, 5.74) is 10.5. The van der Waals surface area contributed by atoms with Gasteiger partial charge >= 0.3 is 0 Å². The molecule has 4 aromatic rings. The second-order valence-corrected chi connectivity index (χ2v) is 9.29. The fourth-order valence-electron chi connectivity index (χ4n) is 3.28. The van der Waals surface area contributed by atoms with Crippen LogP contribution in [0.25, 0.3) is 33.5 Å². The first-order valence-electron chi connectivity index (χ1n) is 8.90. The molecule has 4 rings (SSSR count). The average molecular weight is 395 g/mol. The molecule has 0 fully saturated rings. The van der Waals surface area contributed by atoms with Gasteiger partial charge in [0.2, 0.25) is 16.0 Å². The van der Waals surface area contributed by atoms with Crippen molar-refractivity contribution in [1.29, 1.82) is 0 Å². The topological polar surface area (TPSA) is 95.8 Å². The van der Waals surface area contributed by atoms with E-state index in [0.29, 0.717) is 11.0 Å². The molecule has 2 heterocycles. The highest BCUT2D eigenvalue weighted by Crippen LogP contribution is 2.33. The largest absolute Gasteiger partial charge is 0.368 e. The quantitative estimate of drug-likeness (QED) is 0.572. The molecular weight excluding hydrogens is 374 g/mol. The minimum absolute atomic E-state index is 0.0332. The number of hydrogen-bond donors (Lipinski definition) is 1. The highest BCUT2D eigenvalue weighted by molar-refractivity contribution is 7.90. The van der Waals surface area contributed by atoms with E-state index < -0.39 is 15.3 Å². The van der Waals surface area contributed by atoms with Crippen molar-refractivity contribution in [2.45, 2.75) is 19.1 Å². The number of nitrogens with zero attached hydrogens (tertiary/aromatic N) is 4. The predicted octanol–water partition coefficient (Wildman–Crippen LogP) is 3.27. The summed E-state index contributed by atoms with van der Waals surface area (Å²) in [4.78, 5) is 8.77. The number of aromatic nitrogens is 4. The number of hydrogen-bond acceptors (Lipinski definition) is 5. The van der Waals surface area contributed by atoms with Crippen molar-refractivity contribution in [2.24, 2.45) is 7.05 Å². The lowest BCUT2D eigenvalue weighted by molar-refractivity contribution is 0.580. The highest BCUT2D eigenvalue weighted by atomic mass is 32.2. The molecule has 7 nitrogen and oxygen atoms in total. The maximum Gasteiger partial charge on any atom is 0.244 e. The second kappa shape index (κ2) is 6.49. The van der Waals surface area contributed by atoms with Crippen LogP contribution in [0.3, 0.4) is 0 Å². The van der Waals surface area contributed by atoms with Gasteiger partial charge in [0.05, 0.1) is 34.0 Å². The van der Waals surface area contributed by atoms with Crippen molar-refractivity contribution in [2.75, 3.05) is 5.73 Å². The molecule has 2 aromatic carbocycles. The average Bonchev–Trinajstić information content (AvgIpc) is 3.21. The van der Waals surface area contributed by atoms with Gasteiger partial charge in [0.1, 0.15) is 0 Å². The number of benzene rings is 2. The number of nitrogen functional groups attached to an aromatic ring is 1. The van der Waals surface area contributed by atoms with E-state index in [1.807, 2.05) is 54.1 Å². The number of fused-ring (bicyclic) bond motifs is 1. The zero-order chi connectivity index (χ0) is 20.1. The first-order chi connectivity index (χ1) is 13.3. The third-order valence-corrected chi connectivity index (χ3v) is 6.83. The van der Waals surface area contributed by atoms with Gasteiger partial charge in [-0.05, 0) is 26.0 Å². The minimum Gasteiger partial charge on any atom is -0.368 e. The zero-order valence-corrected chi connectivity index (χ0v) is 16.7. The number of nitrogens with two attached hydrogens (primary N) is 1. The molecule has 0 saturated carbocycles. The molecular formula is C20H21N5O2S. The van der Waals surface area contributed by atoms with Gasteiger partial charge in [-0.2, -0.15) is 0 Å². The number of rotatable bonds is 4. The van der Waals surface area contributed by atoms with E-state index in [-0.39, 0.29) is 5.95 Å². The van der Waals surface area contributed by atoms with E-state index in [0.717, 1.165) is 26.5 Å². The molecule has 0 saturated heterocycles. The van der Waals surface area contributed by atoms with Crippen LogP contribution in [0.5, 0.6) is 0 Å². The van der Waals surface area contributed by atoms with E-state index in [1.54, 1.807) is 26.2 Å². The molecule has 0 radical (unpaired) electrons. The first kappa shape index (κ1) is 18.2. The van der Waals surface area contributed by atoms with Gasteiger partial charge in [-0.25, -0.2) is 22.4 Å². The lowest BCUT2D eigenvalue weighted by atomic mass is 10.0. The first-order valence-corrected chi connectivity index (χ1v) is 10.4. The summed E-state index contributed by atoms with van der Waals surface area (Å²) < 4.78 is 28.7. The van der Waals surface area contributed by atoms with Crippen molar-refractivity contribution >= 4 is 27.0 Å². The summed E-state index contributed by atoms with van der Waals surface area (Å²) in [7, 11) is -1.73. The second-order valence-electron chi connectivity index (χ2n) is 6.95. The van der Waals surface area contributed by atoms with Crippen molar-refractivity contribution in [1.82, 2.24) is 18.5 Å². The molecule has 0 aliphatic carbocycles. The summed E-state index contributed by atoms with van der Waals surface area (Å²) in [6, 6.07) is 15.4. The van der Waals surface area contributed by atoms with Crippen LogP contribution in [0.4, 0.5) is 5.95 Å². The number of anilines is 1. The third-order valence-electron chi connectivity index (χ3n) is 4.75. The maximum absolute atomic E-state index is 12.8. The highest BCUT2D eigenvalue weighted by Gasteiger charge is 2.25. The Hall–Kier alpha value is -3.13. The molecule has 8 heteroatoms. The van der Waals surface area contributed by atoms with Crippen molar-refractivity contribution in [3.8, 4) is 22.5 Å². The van der Waals surface area contributed by atoms with Crippen LogP contribution < -0.4 is 5.73 Å². The molecule has 0 bridgehead atoms. The van der Waals surface area contributed by atoms with Crippen LogP contribution in [-0.4, -0.2) is 32.2 Å². The molecule has 144 valence electrons. The Bertz CT molecular complexity index is 1270. The molecule has 2 aromatic heterocycles. The monoisotopic (exact) mass is 395 g/mol. The minimum atomic E-state index is -3.64. The Labute approximate surface area is 163 Å². The van der Waals surface area contributed by atoms with Gasteiger partial charge < -0.3 is 10.3 Å². The Balaban J connectivity index is 1.97. The Morgan fingerprint density at radius 2 is 1.75 bits per heavy atom. The smallest absolute Gasteiger partial charge is 0.244 e. The molecule has 0 unspecified atom stereocenters. The van der Waals surface area contributed by atoms with Crippen LogP contribution in [-0.2, 0) is 17.1 Å². The van der Waals surface area contributed by atoms with Gasteiger partial charge in [0, 0.05) is 18.2 Å². The van der Waals surface area contributed by atoms with Crippen molar-refractivity contribution in [3.63, 3.8) is 0 Å². The van der Waals surface area contributed by atoms with Crippen LogP contribution in [0, 0.1) is 0 Å². The van der Waals surface area contributed by atoms with Gasteiger partial charge in [-0.15, -0.1) is 0 Å². The van der Waals surface area contributed by atoms with E-state index in [9.17, 15) is 8.42 Å². The van der Waals surface area contributed by atoms with E-state index in [2.05, 4.69) is 9.97 Å². The molecule has 0 spiro atoms. The Morgan fingerprint density at radius 1 is 1.04 bits per heavy atom. The fraction of sp³-hybridized carbons (Fsp3) is 0.200. The predicted molar refractivity (Wildman–Crippen MR) is 111 cm³/mol. The van der Waals surface area contributed by atoms with Gasteiger partial charge in [-0.3, -0.25) is 0 Å². The summed E-state index contributed by atoms with van der Waals surface area (Å²) in [5, 5.41) is -0.618. The Kier molecular flexibility index (Phi) is 4.23. The van der Waals surface area contributed by atoms with Gasteiger partial charge in [0.25, 0.3) is 0 Å². The molecule has 0 atom stereocenters. The van der Waals surface area contributed by atoms with E-state index >= 15 is 0 Å². The number of imidazole rings is 2. The normalized spacial score (nSPS) is 12.1. The van der Waals surface area contributed by atoms with Gasteiger partial charge in [-0.1, -0.05) is 36.4 Å². The molecule has 0 aliphatic rings. The van der Waals surface area contributed by atoms with Crippen LogP contribution in [0.15, 0.2) is 54.9 Å². The van der Waals surface area contributed by atoms with E-state index in [1.165, 1.54) is 0 Å². The summed E-state index contributed by atoms with van der Waals surface area (Å²) in [6.07, 6.45) is 1.75. The molecule has 0 amide bonds. The van der Waals surface area contributed by atoms with E-state index in [4.69, 9.17) is 5.73 Å². The number of aryl methyl sites for hydroxylation is 1. The lowest BCUT2D eigenvalue weighted by Crippen LogP contribution is -2.23. The Morgan fingerprint density at radius 3 is 2.43 bits per heavy atom. The third kappa shape index (κ3) is 2.77. The van der Waals surface area contributed by atoms with Gasteiger partial charge in [0.15, 0.2) is 0 Å². The SMILES string of the molecule is CC(C)S(=O)(=O)n1c(N)nc2ccc(-c3c(-c4ccccc4)ncn3C)cc21. The van der Waals surface area contributed by atoms with Crippen LogP contribution in [0.1, 0.15) is 13.8 Å². The molecule has 2 N–H and O–H groups in total. The summed E-state index contributed by atoms with van der Waals surface area (Å²) >= 11 is 0. The molecule has 0 aliphatic heterocycles. The fourth-order valence-corrected chi connectivity index (χ4v) is 4.42. The summed E-state index contributed by atoms with van der Waals surface area (Å²) in [5.74, 6) is -0.0332. The molecule has 28 heavy (non-hydrogen) atoms. The lowest BCUT2D eigenvalue weighted by Gasteiger charge is -2.12. The maximum atomic E-state index is 12.8. The zero-order valence-electron chi connectivity index (χ0n) is 15.9. The van der Waals surface area contributed by atoms with Crippen LogP contribution in [0.2, 0.25) is 0 Å². The van der Waals surface area contributed by atoms with Crippen molar-refractivity contribution in [3.05, 3.63) is 54.9 Å². The standard InChI is InChI=1S/C20H21N5O2S/c1-13(2)28(26,27)25-17-11-15(9-10-16(17)23-20(25)21)19-18(22-12-24(19)3)14-7-5-4-6-8-14/h4-13H,1-3H3,(H2,21,23). The summed E-state index contributed by atoms with van der Waals surface area (Å²) in [6.45, 7) is 3.25. The van der Waals surface area contributed by atoms with Crippen LogP contribution >= 0.6 is 0 Å². The van der Waals surface area contributed by atoms with Crippen molar-refractivity contribution < 1.29 is 8.42 Å².